The van der Waals surface area contributed by atoms with Crippen molar-refractivity contribution in [2.45, 2.75) is 14.4 Å². The molecule has 2 rings (SSSR count). The van der Waals surface area contributed by atoms with Crippen molar-refractivity contribution >= 4 is 29.1 Å². The number of benzene rings is 1. The van der Waals surface area contributed by atoms with E-state index in [0.29, 0.717) is 0 Å². The number of halogens is 1. The SMILES string of the molecule is C.CC(=O)NC1=C(Cl)C(=O)c2ccccc2C1=O. The maximum absolute atomic E-state index is 12.0. The predicted octanol–water partition coefficient (Wildman–Crippen LogP) is 2.29. The summed E-state index contributed by atoms with van der Waals surface area (Å²) in [6, 6.07) is 6.36. The Bertz CT molecular complexity index is 575. The van der Waals surface area contributed by atoms with Gasteiger partial charge in [0.2, 0.25) is 17.5 Å². The Balaban J connectivity index is 0.00000162. The molecule has 5 heteroatoms. The van der Waals surface area contributed by atoms with Crippen molar-refractivity contribution in [1.82, 2.24) is 5.32 Å². The van der Waals surface area contributed by atoms with E-state index in [9.17, 15) is 14.4 Å². The topological polar surface area (TPSA) is 63.2 Å². The summed E-state index contributed by atoms with van der Waals surface area (Å²) in [6.07, 6.45) is 0. The van der Waals surface area contributed by atoms with Gasteiger partial charge in [-0.3, -0.25) is 14.4 Å². The quantitative estimate of drug-likeness (QED) is 0.847. The lowest BCUT2D eigenvalue weighted by Gasteiger charge is -2.17. The van der Waals surface area contributed by atoms with Crippen LogP contribution in [0.2, 0.25) is 0 Å². The lowest BCUT2D eigenvalue weighted by molar-refractivity contribution is -0.118. The van der Waals surface area contributed by atoms with Gasteiger partial charge in [-0.15, -0.1) is 0 Å². The predicted molar refractivity (Wildman–Crippen MR) is 68.5 cm³/mol. The maximum Gasteiger partial charge on any atom is 0.221 e. The summed E-state index contributed by atoms with van der Waals surface area (Å²) in [5, 5.41) is 2.04. The van der Waals surface area contributed by atoms with Gasteiger partial charge in [0.25, 0.3) is 0 Å². The van der Waals surface area contributed by atoms with Gasteiger partial charge in [-0.1, -0.05) is 43.3 Å². The van der Waals surface area contributed by atoms with Gasteiger partial charge in [0.15, 0.2) is 0 Å². The molecule has 0 unspecified atom stereocenters. The fourth-order valence-corrected chi connectivity index (χ4v) is 1.87. The summed E-state index contributed by atoms with van der Waals surface area (Å²) in [5.41, 5.74) is 0.366. The van der Waals surface area contributed by atoms with Gasteiger partial charge < -0.3 is 5.32 Å². The molecule has 1 aliphatic rings. The number of nitrogens with one attached hydrogen (secondary N) is 1. The Kier molecular flexibility index (Phi) is 4.03. The number of allylic oxidation sites excluding steroid dienone is 2. The Morgan fingerprint density at radius 2 is 1.61 bits per heavy atom. The zero-order chi connectivity index (χ0) is 12.6. The van der Waals surface area contributed by atoms with Crippen LogP contribution in [0.15, 0.2) is 35.0 Å². The van der Waals surface area contributed by atoms with Crippen molar-refractivity contribution in [3.05, 3.63) is 46.1 Å². The average molecular weight is 266 g/mol. The highest BCUT2D eigenvalue weighted by Gasteiger charge is 2.31. The number of hydrogen-bond acceptors (Lipinski definition) is 3. The Morgan fingerprint density at radius 3 is 2.11 bits per heavy atom. The molecule has 18 heavy (non-hydrogen) atoms. The maximum atomic E-state index is 12.0. The van der Waals surface area contributed by atoms with E-state index in [2.05, 4.69) is 5.32 Å². The van der Waals surface area contributed by atoms with E-state index in [0.717, 1.165) is 0 Å². The van der Waals surface area contributed by atoms with Crippen LogP contribution in [-0.4, -0.2) is 17.5 Å². The van der Waals surface area contributed by atoms with Crippen molar-refractivity contribution in [1.29, 1.82) is 0 Å². The van der Waals surface area contributed by atoms with Crippen LogP contribution in [0.25, 0.3) is 0 Å². The molecule has 0 spiro atoms. The minimum Gasteiger partial charge on any atom is -0.322 e. The molecule has 94 valence electrons. The summed E-state index contributed by atoms with van der Waals surface area (Å²) in [5.74, 6) is -1.34. The Hall–Kier alpha value is -1.94. The van der Waals surface area contributed by atoms with E-state index in [1.807, 2.05) is 0 Å². The molecule has 1 N–H and O–H groups in total. The standard InChI is InChI=1S/C12H8ClNO3.CH4/c1-6(15)14-10-9(13)11(16)7-4-2-3-5-8(7)12(10)17;/h2-5H,1H3,(H,14,15);1H4. The number of Topliss-reactive ketones (excluding diaryl/α,β-unsaturated/α-hetero) is 2. The molecule has 0 heterocycles. The molecular weight excluding hydrogens is 254 g/mol. The van der Waals surface area contributed by atoms with Crippen LogP contribution in [0.3, 0.4) is 0 Å². The van der Waals surface area contributed by atoms with E-state index in [4.69, 9.17) is 11.6 Å². The van der Waals surface area contributed by atoms with Crippen LogP contribution >= 0.6 is 11.6 Å². The third kappa shape index (κ3) is 2.19. The van der Waals surface area contributed by atoms with Gasteiger partial charge in [-0.05, 0) is 0 Å². The molecule has 0 saturated carbocycles. The van der Waals surface area contributed by atoms with Gasteiger partial charge in [0.05, 0.1) is 0 Å². The molecule has 0 fully saturated rings. The molecule has 1 amide bonds. The minimum absolute atomic E-state index is 0. The van der Waals surface area contributed by atoms with E-state index in [-0.39, 0.29) is 29.3 Å². The molecule has 0 radical (unpaired) electrons. The second kappa shape index (κ2) is 5.14. The first kappa shape index (κ1) is 14.1. The van der Waals surface area contributed by atoms with Gasteiger partial charge in [-0.25, -0.2) is 0 Å². The summed E-state index contributed by atoms with van der Waals surface area (Å²) < 4.78 is 0. The number of hydrogen-bond donors (Lipinski definition) is 1. The summed E-state index contributed by atoms with van der Waals surface area (Å²) in [6.45, 7) is 1.25. The van der Waals surface area contributed by atoms with Crippen molar-refractivity contribution in [2.75, 3.05) is 0 Å². The second-order valence-electron chi connectivity index (χ2n) is 3.57. The number of ketones is 2. The normalized spacial score (nSPS) is 13.9. The average Bonchev–Trinajstić information content (AvgIpc) is 2.31. The fraction of sp³-hybridized carbons (Fsp3) is 0.154. The number of carbonyl (C=O) groups is 3. The van der Waals surface area contributed by atoms with Gasteiger partial charge in [0.1, 0.15) is 10.7 Å². The van der Waals surface area contributed by atoms with Gasteiger partial charge >= 0.3 is 0 Å². The van der Waals surface area contributed by atoms with Gasteiger partial charge in [0, 0.05) is 18.1 Å². The number of amides is 1. The molecule has 0 aromatic heterocycles. The highest BCUT2D eigenvalue weighted by molar-refractivity contribution is 6.50. The molecule has 0 aliphatic heterocycles. The smallest absolute Gasteiger partial charge is 0.221 e. The zero-order valence-electron chi connectivity index (χ0n) is 8.91. The van der Waals surface area contributed by atoms with E-state index in [1.54, 1.807) is 12.1 Å². The molecule has 1 aromatic carbocycles. The second-order valence-corrected chi connectivity index (χ2v) is 3.95. The van der Waals surface area contributed by atoms with Crippen LogP contribution in [0.4, 0.5) is 0 Å². The van der Waals surface area contributed by atoms with E-state index in [1.165, 1.54) is 19.1 Å². The van der Waals surface area contributed by atoms with Crippen LogP contribution in [0.5, 0.6) is 0 Å². The minimum atomic E-state index is -0.453. The molecule has 0 saturated heterocycles. The van der Waals surface area contributed by atoms with E-state index < -0.39 is 17.5 Å². The number of rotatable bonds is 1. The lowest BCUT2D eigenvalue weighted by Crippen LogP contribution is -2.31. The summed E-state index contributed by atoms with van der Waals surface area (Å²) >= 11 is 5.79. The fourth-order valence-electron chi connectivity index (χ4n) is 1.63. The summed E-state index contributed by atoms with van der Waals surface area (Å²) in [4.78, 5) is 34.8. The van der Waals surface area contributed by atoms with Crippen molar-refractivity contribution < 1.29 is 14.4 Å². The first-order chi connectivity index (χ1) is 8.02. The monoisotopic (exact) mass is 265 g/mol. The highest BCUT2D eigenvalue weighted by atomic mass is 35.5. The van der Waals surface area contributed by atoms with Crippen LogP contribution in [-0.2, 0) is 4.79 Å². The number of fused-ring (bicyclic) bond motifs is 1. The largest absolute Gasteiger partial charge is 0.322 e. The number of carbonyl (C=O) groups excluding carboxylic acids is 3. The first-order valence-electron chi connectivity index (χ1n) is 4.88. The molecular formula is C13H12ClNO3. The molecule has 0 bridgehead atoms. The van der Waals surface area contributed by atoms with Crippen molar-refractivity contribution in [2.24, 2.45) is 0 Å². The van der Waals surface area contributed by atoms with Gasteiger partial charge in [-0.2, -0.15) is 0 Å². The first-order valence-corrected chi connectivity index (χ1v) is 5.26. The lowest BCUT2D eigenvalue weighted by atomic mass is 9.92. The Labute approximate surface area is 110 Å². The Morgan fingerprint density at radius 1 is 1.11 bits per heavy atom. The third-order valence-electron chi connectivity index (χ3n) is 2.36. The van der Waals surface area contributed by atoms with Crippen LogP contribution < -0.4 is 5.32 Å². The highest BCUT2D eigenvalue weighted by Crippen LogP contribution is 2.26. The summed E-state index contributed by atoms with van der Waals surface area (Å²) in [7, 11) is 0. The van der Waals surface area contributed by atoms with Crippen molar-refractivity contribution in [3.63, 3.8) is 0 Å². The zero-order valence-corrected chi connectivity index (χ0v) is 9.67. The molecule has 1 aromatic rings. The van der Waals surface area contributed by atoms with Crippen LogP contribution in [0, 0.1) is 0 Å². The molecule has 4 nitrogen and oxygen atoms in total. The molecule has 0 atom stereocenters. The van der Waals surface area contributed by atoms with Crippen LogP contribution in [0.1, 0.15) is 35.1 Å². The van der Waals surface area contributed by atoms with E-state index >= 15 is 0 Å². The molecule has 1 aliphatic carbocycles. The van der Waals surface area contributed by atoms with Crippen molar-refractivity contribution in [3.8, 4) is 0 Å². The third-order valence-corrected chi connectivity index (χ3v) is 2.72.